The number of carbonyl (C=O) groups excluding carboxylic acids is 2. The predicted molar refractivity (Wildman–Crippen MR) is 147 cm³/mol. The van der Waals surface area contributed by atoms with Crippen LogP contribution in [0.15, 0.2) is 72.8 Å². The molecule has 0 saturated carbocycles. The Bertz CT molecular complexity index is 1130. The lowest BCUT2D eigenvalue weighted by Crippen LogP contribution is -2.51. The van der Waals surface area contributed by atoms with Gasteiger partial charge in [0.15, 0.2) is 0 Å². The monoisotopic (exact) mass is 548 g/mol. The molecule has 0 bridgehead atoms. The van der Waals surface area contributed by atoms with Crippen molar-refractivity contribution < 1.29 is 9.59 Å². The number of nitrogens with zero attached hydrogens (tertiary/aromatic N) is 1. The standard InChI is InChI=1S/C27H27Cl3N2O2S/c1-2-31-27(34)25(15-19-6-4-3-5-7-19)32(16-20-8-11-22(28)12-9-20)26(33)18-35-17-21-10-13-23(29)24(30)14-21/h3-14,25H,2,15-18H2,1H3,(H,31,34). The van der Waals surface area contributed by atoms with Gasteiger partial charge in [-0.25, -0.2) is 0 Å². The van der Waals surface area contributed by atoms with Gasteiger partial charge < -0.3 is 10.2 Å². The molecule has 2 amide bonds. The Kier molecular flexibility index (Phi) is 10.8. The van der Waals surface area contributed by atoms with Gasteiger partial charge in [0.25, 0.3) is 0 Å². The molecular formula is C27H27Cl3N2O2S. The van der Waals surface area contributed by atoms with Gasteiger partial charge >= 0.3 is 0 Å². The number of likely N-dealkylation sites (N-methyl/N-ethyl adjacent to an activating group) is 1. The van der Waals surface area contributed by atoms with Gasteiger partial charge in [0.1, 0.15) is 6.04 Å². The zero-order valence-corrected chi connectivity index (χ0v) is 22.4. The van der Waals surface area contributed by atoms with Gasteiger partial charge in [-0.1, -0.05) is 83.3 Å². The lowest BCUT2D eigenvalue weighted by Gasteiger charge is -2.31. The fourth-order valence-corrected chi connectivity index (χ4v) is 4.91. The SMILES string of the molecule is CCNC(=O)C(Cc1ccccc1)N(Cc1ccc(Cl)cc1)C(=O)CSCc1ccc(Cl)c(Cl)c1. The van der Waals surface area contributed by atoms with E-state index < -0.39 is 6.04 Å². The first-order valence-electron chi connectivity index (χ1n) is 11.2. The molecule has 0 aliphatic carbocycles. The summed E-state index contributed by atoms with van der Waals surface area (Å²) in [6, 6.07) is 21.9. The molecule has 35 heavy (non-hydrogen) atoms. The van der Waals surface area contributed by atoms with Gasteiger partial charge in [0.05, 0.1) is 15.8 Å². The van der Waals surface area contributed by atoms with Crippen molar-refractivity contribution in [1.82, 2.24) is 10.2 Å². The number of nitrogens with one attached hydrogen (secondary N) is 1. The second-order valence-electron chi connectivity index (χ2n) is 7.99. The molecule has 3 aromatic rings. The Labute approximate surface area is 225 Å². The summed E-state index contributed by atoms with van der Waals surface area (Å²) in [6.07, 6.45) is 0.420. The van der Waals surface area contributed by atoms with Crippen LogP contribution in [0, 0.1) is 0 Å². The minimum atomic E-state index is -0.647. The highest BCUT2D eigenvalue weighted by atomic mass is 35.5. The second kappa shape index (κ2) is 13.8. The normalized spacial score (nSPS) is 11.7. The summed E-state index contributed by atoms with van der Waals surface area (Å²) in [5.41, 5.74) is 2.87. The van der Waals surface area contributed by atoms with Crippen LogP contribution in [0.1, 0.15) is 23.6 Å². The third-order valence-corrected chi connectivity index (χ3v) is 7.35. The highest BCUT2D eigenvalue weighted by Crippen LogP contribution is 2.25. The maximum Gasteiger partial charge on any atom is 0.243 e. The van der Waals surface area contributed by atoms with Crippen LogP contribution in [0.5, 0.6) is 0 Å². The van der Waals surface area contributed by atoms with Crippen LogP contribution in [0.25, 0.3) is 0 Å². The molecule has 0 heterocycles. The fourth-order valence-electron chi connectivity index (χ4n) is 3.60. The minimum Gasteiger partial charge on any atom is -0.355 e. The first-order valence-corrected chi connectivity index (χ1v) is 13.5. The van der Waals surface area contributed by atoms with Crippen molar-refractivity contribution >= 4 is 58.4 Å². The number of rotatable bonds is 11. The zero-order chi connectivity index (χ0) is 25.2. The molecule has 8 heteroatoms. The van der Waals surface area contributed by atoms with E-state index in [1.54, 1.807) is 29.2 Å². The van der Waals surface area contributed by atoms with Crippen LogP contribution in [-0.4, -0.2) is 35.1 Å². The molecule has 0 spiro atoms. The number of amides is 2. The van der Waals surface area contributed by atoms with Crippen LogP contribution in [0.2, 0.25) is 15.1 Å². The van der Waals surface area contributed by atoms with Gasteiger partial charge in [0, 0.05) is 30.3 Å². The molecule has 1 unspecified atom stereocenters. The van der Waals surface area contributed by atoms with E-state index in [1.165, 1.54) is 11.8 Å². The van der Waals surface area contributed by atoms with Crippen molar-refractivity contribution in [3.05, 3.63) is 105 Å². The van der Waals surface area contributed by atoms with E-state index in [4.69, 9.17) is 34.8 Å². The van der Waals surface area contributed by atoms with Crippen LogP contribution >= 0.6 is 46.6 Å². The second-order valence-corrected chi connectivity index (χ2v) is 10.2. The molecule has 0 aromatic heterocycles. The minimum absolute atomic E-state index is 0.114. The summed E-state index contributed by atoms with van der Waals surface area (Å²) in [6.45, 7) is 2.66. The maximum absolute atomic E-state index is 13.5. The molecule has 0 saturated heterocycles. The van der Waals surface area contributed by atoms with Crippen molar-refractivity contribution in [2.45, 2.75) is 31.7 Å². The van der Waals surface area contributed by atoms with Crippen LogP contribution in [0.4, 0.5) is 0 Å². The number of carbonyl (C=O) groups is 2. The van der Waals surface area contributed by atoms with Gasteiger partial charge in [0.2, 0.25) is 11.8 Å². The molecule has 1 atom stereocenters. The average Bonchev–Trinajstić information content (AvgIpc) is 2.85. The Balaban J connectivity index is 1.81. The van der Waals surface area contributed by atoms with E-state index in [2.05, 4.69) is 5.32 Å². The van der Waals surface area contributed by atoms with Crippen LogP contribution < -0.4 is 5.32 Å². The van der Waals surface area contributed by atoms with E-state index in [9.17, 15) is 9.59 Å². The summed E-state index contributed by atoms with van der Waals surface area (Å²) in [5, 5.41) is 4.50. The van der Waals surface area contributed by atoms with E-state index in [1.807, 2.05) is 55.5 Å². The summed E-state index contributed by atoms with van der Waals surface area (Å²) in [5.74, 6) is 0.533. The fraction of sp³-hybridized carbons (Fsp3) is 0.259. The number of thioether (sulfide) groups is 1. The Morgan fingerprint density at radius 1 is 0.886 bits per heavy atom. The van der Waals surface area contributed by atoms with Crippen molar-refractivity contribution in [2.75, 3.05) is 12.3 Å². The van der Waals surface area contributed by atoms with E-state index >= 15 is 0 Å². The molecule has 0 radical (unpaired) electrons. The number of halogens is 3. The summed E-state index contributed by atoms with van der Waals surface area (Å²) in [7, 11) is 0. The van der Waals surface area contributed by atoms with Gasteiger partial charge in [-0.2, -0.15) is 0 Å². The maximum atomic E-state index is 13.5. The molecule has 0 fully saturated rings. The molecule has 4 nitrogen and oxygen atoms in total. The van der Waals surface area contributed by atoms with Crippen molar-refractivity contribution in [3.8, 4) is 0 Å². The smallest absolute Gasteiger partial charge is 0.243 e. The lowest BCUT2D eigenvalue weighted by molar-refractivity contribution is -0.139. The molecule has 0 aliphatic rings. The first-order chi connectivity index (χ1) is 16.9. The number of benzene rings is 3. The van der Waals surface area contributed by atoms with Crippen molar-refractivity contribution in [2.24, 2.45) is 0 Å². The Hall–Kier alpha value is -2.18. The molecule has 0 aliphatic heterocycles. The van der Waals surface area contributed by atoms with Crippen molar-refractivity contribution in [3.63, 3.8) is 0 Å². The van der Waals surface area contributed by atoms with Crippen LogP contribution in [-0.2, 0) is 28.3 Å². The third-order valence-electron chi connectivity index (χ3n) is 5.37. The number of hydrogen-bond donors (Lipinski definition) is 1. The van der Waals surface area contributed by atoms with Crippen molar-refractivity contribution in [1.29, 1.82) is 0 Å². The molecule has 184 valence electrons. The largest absolute Gasteiger partial charge is 0.355 e. The van der Waals surface area contributed by atoms with E-state index in [-0.39, 0.29) is 17.6 Å². The van der Waals surface area contributed by atoms with E-state index in [0.717, 1.165) is 16.7 Å². The number of hydrogen-bond acceptors (Lipinski definition) is 3. The molecular weight excluding hydrogens is 523 g/mol. The molecule has 3 aromatic carbocycles. The van der Waals surface area contributed by atoms with Gasteiger partial charge in [-0.3, -0.25) is 9.59 Å². The Morgan fingerprint density at radius 3 is 2.23 bits per heavy atom. The van der Waals surface area contributed by atoms with Crippen LogP contribution in [0.3, 0.4) is 0 Å². The molecule has 3 rings (SSSR count). The quantitative estimate of drug-likeness (QED) is 0.291. The Morgan fingerprint density at radius 2 is 1.57 bits per heavy atom. The average molecular weight is 550 g/mol. The zero-order valence-electron chi connectivity index (χ0n) is 19.3. The molecule has 1 N–H and O–H groups in total. The van der Waals surface area contributed by atoms with E-state index in [0.29, 0.717) is 40.3 Å². The van der Waals surface area contributed by atoms with Gasteiger partial charge in [-0.15, -0.1) is 11.8 Å². The third kappa shape index (κ3) is 8.46. The predicted octanol–water partition coefficient (Wildman–Crippen LogP) is 6.66. The summed E-state index contributed by atoms with van der Waals surface area (Å²) in [4.78, 5) is 28.3. The summed E-state index contributed by atoms with van der Waals surface area (Å²) < 4.78 is 0. The summed E-state index contributed by atoms with van der Waals surface area (Å²) >= 11 is 19.7. The lowest BCUT2D eigenvalue weighted by atomic mass is 10.0. The topological polar surface area (TPSA) is 49.4 Å². The highest BCUT2D eigenvalue weighted by molar-refractivity contribution is 7.99. The highest BCUT2D eigenvalue weighted by Gasteiger charge is 2.30. The first kappa shape index (κ1) is 27.4. The van der Waals surface area contributed by atoms with Gasteiger partial charge in [-0.05, 0) is 47.9 Å².